The van der Waals surface area contributed by atoms with Crippen molar-refractivity contribution in [2.45, 2.75) is 38.8 Å². The lowest BCUT2D eigenvalue weighted by Gasteiger charge is -2.22. The van der Waals surface area contributed by atoms with E-state index in [9.17, 15) is 30.0 Å². The van der Waals surface area contributed by atoms with Crippen molar-refractivity contribution < 1.29 is 34.6 Å². The van der Waals surface area contributed by atoms with Gasteiger partial charge >= 0.3 is 0 Å². The van der Waals surface area contributed by atoms with E-state index >= 15 is 0 Å². The molecule has 0 saturated carbocycles. The van der Waals surface area contributed by atoms with E-state index in [1.54, 1.807) is 21.6 Å². The fourth-order valence-electron chi connectivity index (χ4n) is 6.23. The molecule has 14 heteroatoms. The lowest BCUT2D eigenvalue weighted by Crippen LogP contribution is -2.34. The molecule has 6 N–H and O–H groups in total. The van der Waals surface area contributed by atoms with E-state index in [1.807, 2.05) is 76.9 Å². The molecule has 0 fully saturated rings. The lowest BCUT2D eigenvalue weighted by atomic mass is 10.1. The number of aromatic nitrogens is 2. The summed E-state index contributed by atoms with van der Waals surface area (Å²) in [5.41, 5.74) is 6.22. The summed E-state index contributed by atoms with van der Waals surface area (Å²) in [4.78, 5) is 28.6. The van der Waals surface area contributed by atoms with Gasteiger partial charge in [-0.1, -0.05) is 70.2 Å². The number of nitrogens with zero attached hydrogens (tertiary/aromatic N) is 4. The molecule has 0 unspecified atom stereocenters. The molecule has 4 aromatic rings. The fraction of sp³-hybridized carbons (Fsp3) is 0.400. The molecule has 59 heavy (non-hydrogen) atoms. The number of carbonyl (C=O) groups is 2. The zero-order chi connectivity index (χ0) is 41.9. The molecule has 2 aromatic carbocycles. The Hall–Kier alpha value is -4.57. The zero-order valence-electron chi connectivity index (χ0n) is 33.9. The molecule has 4 rings (SSSR count). The second-order valence-electron chi connectivity index (χ2n) is 13.8. The standard InChI is InChI=1S/C45H60N6O6S2/c52-31-27-50(28-32-53)42-13-9-38(10-14-42)5-6-40-17-24-48(25-18-40)22-1-3-44(56)46-20-35-58-59-36-21-47-45(57)4-2-23-49-26-19-41(37-49)8-7-39-11-15-43(16-12-39)51(29-33-54)30-34-55/h5-19,24-26,37,52-55H,1-4,20-23,27-36H2,(H-,46,47,56,57)/p+1/b8-7+. The number of anilines is 2. The third kappa shape index (κ3) is 18.5. The van der Waals surface area contributed by atoms with Crippen LogP contribution in [0, 0.1) is 0 Å². The van der Waals surface area contributed by atoms with Crippen LogP contribution >= 0.6 is 21.6 Å². The Morgan fingerprint density at radius 3 is 1.51 bits per heavy atom. The first-order chi connectivity index (χ1) is 28.9. The van der Waals surface area contributed by atoms with Crippen molar-refractivity contribution in [1.29, 1.82) is 0 Å². The summed E-state index contributed by atoms with van der Waals surface area (Å²) in [6.45, 7) is 4.83. The van der Waals surface area contributed by atoms with Gasteiger partial charge in [-0.05, 0) is 59.0 Å². The number of rotatable bonds is 29. The molecule has 0 spiro atoms. The average molecular weight is 846 g/mol. The molecule has 0 atom stereocenters. The summed E-state index contributed by atoms with van der Waals surface area (Å²) < 4.78 is 4.18. The monoisotopic (exact) mass is 845 g/mol. The Morgan fingerprint density at radius 2 is 1.03 bits per heavy atom. The highest BCUT2D eigenvalue weighted by molar-refractivity contribution is 8.76. The summed E-state index contributed by atoms with van der Waals surface area (Å²) in [7, 11) is 3.39. The Morgan fingerprint density at radius 1 is 0.593 bits per heavy atom. The van der Waals surface area contributed by atoms with Crippen LogP contribution in [-0.4, -0.2) is 114 Å². The summed E-state index contributed by atoms with van der Waals surface area (Å²) in [5, 5.41) is 43.1. The van der Waals surface area contributed by atoms with Gasteiger partial charge in [0.1, 0.15) is 6.54 Å². The van der Waals surface area contributed by atoms with E-state index in [4.69, 9.17) is 0 Å². The second kappa shape index (κ2) is 28.0. The van der Waals surface area contributed by atoms with Gasteiger partial charge in [0.25, 0.3) is 0 Å². The van der Waals surface area contributed by atoms with Gasteiger partial charge in [-0.2, -0.15) is 0 Å². The predicted octanol–water partition coefficient (Wildman–Crippen LogP) is 4.57. The minimum absolute atomic E-state index is 0.0361. The van der Waals surface area contributed by atoms with Crippen LogP contribution in [0.15, 0.2) is 91.5 Å². The Kier molecular flexibility index (Phi) is 22.4. The number of amides is 2. The maximum absolute atomic E-state index is 12.3. The van der Waals surface area contributed by atoms with E-state index in [0.717, 1.165) is 71.1 Å². The Bertz CT molecular complexity index is 1820. The van der Waals surface area contributed by atoms with Gasteiger partial charge in [0, 0.05) is 112 Å². The van der Waals surface area contributed by atoms with Crippen molar-refractivity contribution in [2.75, 3.05) is 87.0 Å². The van der Waals surface area contributed by atoms with Crippen LogP contribution in [0.25, 0.3) is 24.3 Å². The molecule has 0 aliphatic carbocycles. The number of hydrogen-bond acceptors (Lipinski definition) is 10. The first-order valence-corrected chi connectivity index (χ1v) is 22.8. The van der Waals surface area contributed by atoms with E-state index in [-0.39, 0.29) is 38.2 Å². The second-order valence-corrected chi connectivity index (χ2v) is 16.5. The smallest absolute Gasteiger partial charge is 0.220 e. The van der Waals surface area contributed by atoms with Gasteiger partial charge in [-0.3, -0.25) is 9.59 Å². The van der Waals surface area contributed by atoms with E-state index < -0.39 is 0 Å². The van der Waals surface area contributed by atoms with Gasteiger partial charge in [-0.15, -0.1) is 0 Å². The highest BCUT2D eigenvalue weighted by Crippen LogP contribution is 2.20. The summed E-state index contributed by atoms with van der Waals surface area (Å²) >= 11 is 0. The van der Waals surface area contributed by atoms with Gasteiger partial charge in [-0.25, -0.2) is 4.57 Å². The van der Waals surface area contributed by atoms with Crippen LogP contribution in [0.4, 0.5) is 11.4 Å². The van der Waals surface area contributed by atoms with E-state index in [1.165, 1.54) is 0 Å². The van der Waals surface area contributed by atoms with Crippen molar-refractivity contribution in [3.63, 3.8) is 0 Å². The molecule has 0 aliphatic rings. The third-order valence-corrected chi connectivity index (χ3v) is 11.8. The Labute approximate surface area is 357 Å². The largest absolute Gasteiger partial charge is 0.395 e. The van der Waals surface area contributed by atoms with Crippen LogP contribution < -0.4 is 25.0 Å². The first-order valence-electron chi connectivity index (χ1n) is 20.3. The van der Waals surface area contributed by atoms with Crippen molar-refractivity contribution in [1.82, 2.24) is 15.2 Å². The lowest BCUT2D eigenvalue weighted by molar-refractivity contribution is -0.697. The average Bonchev–Trinajstić information content (AvgIpc) is 3.71. The van der Waals surface area contributed by atoms with Gasteiger partial charge in [0.05, 0.1) is 26.4 Å². The van der Waals surface area contributed by atoms with Gasteiger partial charge < -0.3 is 45.4 Å². The van der Waals surface area contributed by atoms with E-state index in [2.05, 4.69) is 68.5 Å². The normalized spacial score (nSPS) is 11.4. The zero-order valence-corrected chi connectivity index (χ0v) is 35.5. The van der Waals surface area contributed by atoms with Crippen molar-refractivity contribution in [2.24, 2.45) is 0 Å². The topological polar surface area (TPSA) is 154 Å². The van der Waals surface area contributed by atoms with E-state index in [0.29, 0.717) is 52.1 Å². The first kappa shape index (κ1) is 47.1. The maximum Gasteiger partial charge on any atom is 0.220 e. The third-order valence-electron chi connectivity index (χ3n) is 9.36. The fourth-order valence-corrected chi connectivity index (χ4v) is 8.04. The number of benzene rings is 2. The summed E-state index contributed by atoms with van der Waals surface area (Å²) in [5.74, 6) is 1.73. The number of hydrogen-bond donors (Lipinski definition) is 6. The molecular weight excluding hydrogens is 785 g/mol. The molecule has 0 bridgehead atoms. The summed E-state index contributed by atoms with van der Waals surface area (Å²) in [6.07, 6.45) is 18.8. The molecule has 12 nitrogen and oxygen atoms in total. The molecule has 0 aliphatic heterocycles. The molecule has 0 saturated heterocycles. The van der Waals surface area contributed by atoms with Crippen molar-refractivity contribution in [3.05, 3.63) is 114 Å². The quantitative estimate of drug-likeness (QED) is 0.0261. The maximum atomic E-state index is 12.3. The van der Waals surface area contributed by atoms with Crippen molar-refractivity contribution in [3.8, 4) is 0 Å². The van der Waals surface area contributed by atoms with Crippen LogP contribution in [-0.2, 0) is 22.7 Å². The number of nitrogens with one attached hydrogen (secondary N) is 2. The molecular formula is C45H61N6O6S2+. The predicted molar refractivity (Wildman–Crippen MR) is 244 cm³/mol. The minimum Gasteiger partial charge on any atom is -0.395 e. The minimum atomic E-state index is 0.0361. The Balaban J connectivity index is 0.983. The van der Waals surface area contributed by atoms with Crippen LogP contribution in [0.2, 0.25) is 0 Å². The number of aliphatic hydroxyl groups is 4. The van der Waals surface area contributed by atoms with Gasteiger partial charge in [0.2, 0.25) is 11.8 Å². The summed E-state index contributed by atoms with van der Waals surface area (Å²) in [6, 6.07) is 22.2. The number of pyridine rings is 1. The molecule has 0 radical (unpaired) electrons. The molecule has 2 aromatic heterocycles. The van der Waals surface area contributed by atoms with Crippen molar-refractivity contribution >= 4 is 69.1 Å². The molecule has 318 valence electrons. The van der Waals surface area contributed by atoms with Crippen LogP contribution in [0.5, 0.6) is 0 Å². The van der Waals surface area contributed by atoms with Crippen LogP contribution in [0.3, 0.4) is 0 Å². The van der Waals surface area contributed by atoms with Crippen LogP contribution in [0.1, 0.15) is 47.9 Å². The highest BCUT2D eigenvalue weighted by Gasteiger charge is 2.08. The number of aryl methyl sites for hydroxylation is 2. The molecule has 2 amide bonds. The number of aliphatic hydroxyl groups excluding tert-OH is 4. The van der Waals surface area contributed by atoms with Gasteiger partial charge in [0.15, 0.2) is 12.4 Å². The SMILES string of the molecule is O=C(CCCn1ccc(/C=C/c2ccc(N(CCO)CCO)cc2)c1)NCCSSCCNC(=O)CCC[n+]1ccc(/C=C/c2ccc(N(CCO)CCO)cc2)cc1. The molecule has 2 heterocycles. The number of carbonyl (C=O) groups excluding carboxylic acids is 2. The highest BCUT2D eigenvalue weighted by atomic mass is 33.1.